The number of hydrogen-bond donors (Lipinski definition) is 1. The molecule has 0 aliphatic rings. The number of likely N-dealkylation sites (N-methyl/N-ethyl adjacent to an activating group) is 1. The van der Waals surface area contributed by atoms with Crippen LogP contribution in [0.1, 0.15) is 52.8 Å². The number of rotatable bonds is 9. The summed E-state index contributed by atoms with van der Waals surface area (Å²) in [5, 5.41) is 8.77. The molecule has 4 rings (SSSR count). The van der Waals surface area contributed by atoms with E-state index < -0.39 is 0 Å². The molecule has 0 spiro atoms. The van der Waals surface area contributed by atoms with Crippen molar-refractivity contribution < 1.29 is 4.79 Å². The number of aryl methyl sites for hydroxylation is 3. The molecule has 4 aromatic rings. The lowest BCUT2D eigenvalue weighted by Crippen LogP contribution is -2.30. The average Bonchev–Trinajstić information content (AvgIpc) is 3.27. The average molecular weight is 514 g/mol. The molecule has 8 nitrogen and oxygen atoms in total. The Balaban J connectivity index is 1.72. The first-order valence-corrected chi connectivity index (χ1v) is 13.2. The number of aromatic nitrogens is 4. The molecule has 0 aliphatic heterocycles. The van der Waals surface area contributed by atoms with E-state index in [1.165, 1.54) is 0 Å². The number of carbonyl (C=O) groups excluding carboxylic acids is 1. The number of anilines is 1. The molecule has 200 valence electrons. The Bertz CT molecular complexity index is 1460. The lowest BCUT2D eigenvalue weighted by atomic mass is 10.0. The number of pyridine rings is 2. The summed E-state index contributed by atoms with van der Waals surface area (Å²) in [6.45, 7) is 12.8. The number of hydrogen-bond acceptors (Lipinski definition) is 6. The van der Waals surface area contributed by atoms with E-state index in [1.807, 2.05) is 75.1 Å². The third kappa shape index (κ3) is 5.55. The molecule has 1 atom stereocenters. The van der Waals surface area contributed by atoms with Crippen molar-refractivity contribution in [2.45, 2.75) is 47.2 Å². The molecule has 0 bridgehead atoms. The highest BCUT2D eigenvalue weighted by atomic mass is 16.2. The molecule has 38 heavy (non-hydrogen) atoms. The van der Waals surface area contributed by atoms with Gasteiger partial charge in [0, 0.05) is 43.3 Å². The van der Waals surface area contributed by atoms with Crippen LogP contribution in [0.3, 0.4) is 0 Å². The van der Waals surface area contributed by atoms with Gasteiger partial charge in [-0.15, -0.1) is 0 Å². The summed E-state index contributed by atoms with van der Waals surface area (Å²) in [6, 6.07) is 11.8. The lowest BCUT2D eigenvalue weighted by molar-refractivity contribution is 0.0744. The van der Waals surface area contributed by atoms with E-state index in [-0.39, 0.29) is 11.9 Å². The van der Waals surface area contributed by atoms with Gasteiger partial charge in [-0.05, 0) is 79.0 Å². The van der Waals surface area contributed by atoms with E-state index in [2.05, 4.69) is 43.3 Å². The van der Waals surface area contributed by atoms with Gasteiger partial charge >= 0.3 is 0 Å². The minimum Gasteiger partial charge on any atom is -0.382 e. The Kier molecular flexibility index (Phi) is 8.11. The van der Waals surface area contributed by atoms with Crippen molar-refractivity contribution >= 4 is 22.5 Å². The zero-order valence-electron chi connectivity index (χ0n) is 23.8. The molecule has 3 heterocycles. The van der Waals surface area contributed by atoms with Crippen molar-refractivity contribution in [3.05, 3.63) is 70.7 Å². The minimum atomic E-state index is -0.132. The van der Waals surface area contributed by atoms with Crippen LogP contribution < -0.4 is 5.32 Å². The second-order valence-corrected chi connectivity index (χ2v) is 10.2. The van der Waals surface area contributed by atoms with Gasteiger partial charge in [0.05, 0.1) is 46.1 Å². The number of amides is 1. The monoisotopic (exact) mass is 513 g/mol. The molecule has 0 unspecified atom stereocenters. The Hall–Kier alpha value is -3.78. The SMILES string of the molecule is CCn1ncc([C@H](C)N(C)C(=O)c2cc(-c3ccc(NCCN(C)C)c(C)n3)nc3ccc(C)cc23)c1C. The van der Waals surface area contributed by atoms with Crippen LogP contribution in [0.5, 0.6) is 0 Å². The van der Waals surface area contributed by atoms with Gasteiger partial charge in [0.15, 0.2) is 0 Å². The van der Waals surface area contributed by atoms with Crippen LogP contribution in [0.4, 0.5) is 5.69 Å². The number of carbonyl (C=O) groups is 1. The maximum Gasteiger partial charge on any atom is 0.254 e. The summed E-state index contributed by atoms with van der Waals surface area (Å²) in [5.74, 6) is -0.0564. The normalized spacial score (nSPS) is 12.2. The van der Waals surface area contributed by atoms with Gasteiger partial charge in [-0.1, -0.05) is 11.6 Å². The van der Waals surface area contributed by atoms with Crippen LogP contribution >= 0.6 is 0 Å². The zero-order chi connectivity index (χ0) is 27.6. The molecule has 1 amide bonds. The van der Waals surface area contributed by atoms with Crippen molar-refractivity contribution in [1.82, 2.24) is 29.5 Å². The molecule has 0 fully saturated rings. The fourth-order valence-corrected chi connectivity index (χ4v) is 4.72. The number of nitrogens with one attached hydrogen (secondary N) is 1. The fraction of sp³-hybridized carbons (Fsp3) is 0.400. The molecule has 0 saturated heterocycles. The van der Waals surface area contributed by atoms with Gasteiger partial charge in [-0.25, -0.2) is 9.97 Å². The van der Waals surface area contributed by atoms with Gasteiger partial charge in [0.1, 0.15) is 0 Å². The van der Waals surface area contributed by atoms with Gasteiger partial charge in [0.2, 0.25) is 0 Å². The molecule has 1 N–H and O–H groups in total. The summed E-state index contributed by atoms with van der Waals surface area (Å²) in [5.41, 5.74) is 7.93. The second kappa shape index (κ2) is 11.3. The van der Waals surface area contributed by atoms with E-state index in [4.69, 9.17) is 9.97 Å². The predicted molar refractivity (Wildman–Crippen MR) is 155 cm³/mol. The lowest BCUT2D eigenvalue weighted by Gasteiger charge is -2.26. The quantitative estimate of drug-likeness (QED) is 0.330. The topological polar surface area (TPSA) is 79.2 Å². The molecule has 0 saturated carbocycles. The van der Waals surface area contributed by atoms with Gasteiger partial charge in [-0.3, -0.25) is 9.48 Å². The van der Waals surface area contributed by atoms with Crippen LogP contribution in [0.2, 0.25) is 0 Å². The molecule has 8 heteroatoms. The summed E-state index contributed by atoms with van der Waals surface area (Å²) in [4.78, 5) is 27.7. The van der Waals surface area contributed by atoms with Crippen LogP contribution in [-0.2, 0) is 6.54 Å². The van der Waals surface area contributed by atoms with Crippen molar-refractivity contribution in [2.75, 3.05) is 39.5 Å². The maximum atomic E-state index is 14.0. The third-order valence-corrected chi connectivity index (χ3v) is 7.21. The molecule has 0 radical (unpaired) electrons. The highest BCUT2D eigenvalue weighted by Crippen LogP contribution is 2.30. The van der Waals surface area contributed by atoms with Crippen LogP contribution in [-0.4, -0.2) is 69.7 Å². The first-order chi connectivity index (χ1) is 18.1. The van der Waals surface area contributed by atoms with E-state index in [1.54, 1.807) is 4.90 Å². The predicted octanol–water partition coefficient (Wildman–Crippen LogP) is 5.25. The molecular weight excluding hydrogens is 474 g/mol. The van der Waals surface area contributed by atoms with Crippen molar-refractivity contribution in [3.8, 4) is 11.4 Å². The smallest absolute Gasteiger partial charge is 0.254 e. The Labute approximate surface area is 225 Å². The molecule has 1 aromatic carbocycles. The fourth-order valence-electron chi connectivity index (χ4n) is 4.72. The highest BCUT2D eigenvalue weighted by Gasteiger charge is 2.25. The number of nitrogens with zero attached hydrogens (tertiary/aromatic N) is 6. The van der Waals surface area contributed by atoms with E-state index in [0.29, 0.717) is 11.3 Å². The second-order valence-electron chi connectivity index (χ2n) is 10.2. The molecular formula is C30H39N7O. The van der Waals surface area contributed by atoms with E-state index in [0.717, 1.165) is 64.4 Å². The van der Waals surface area contributed by atoms with E-state index in [9.17, 15) is 4.79 Å². The van der Waals surface area contributed by atoms with E-state index >= 15 is 0 Å². The van der Waals surface area contributed by atoms with Gasteiger partial charge < -0.3 is 15.1 Å². The Morgan fingerprint density at radius 1 is 1.03 bits per heavy atom. The molecule has 3 aromatic heterocycles. The van der Waals surface area contributed by atoms with Crippen molar-refractivity contribution in [1.29, 1.82) is 0 Å². The summed E-state index contributed by atoms with van der Waals surface area (Å²) in [7, 11) is 5.96. The Morgan fingerprint density at radius 3 is 2.45 bits per heavy atom. The van der Waals surface area contributed by atoms with Gasteiger partial charge in [0.25, 0.3) is 5.91 Å². The molecule has 0 aliphatic carbocycles. The highest BCUT2D eigenvalue weighted by molar-refractivity contribution is 6.07. The van der Waals surface area contributed by atoms with Crippen LogP contribution in [0.15, 0.2) is 42.6 Å². The summed E-state index contributed by atoms with van der Waals surface area (Å²) < 4.78 is 1.96. The van der Waals surface area contributed by atoms with Crippen molar-refractivity contribution in [2.24, 2.45) is 0 Å². The Morgan fingerprint density at radius 2 is 1.79 bits per heavy atom. The number of benzene rings is 1. The first kappa shape index (κ1) is 27.3. The summed E-state index contributed by atoms with van der Waals surface area (Å²) >= 11 is 0. The zero-order valence-corrected chi connectivity index (χ0v) is 23.8. The largest absolute Gasteiger partial charge is 0.382 e. The first-order valence-electron chi connectivity index (χ1n) is 13.2. The number of fused-ring (bicyclic) bond motifs is 1. The van der Waals surface area contributed by atoms with Crippen LogP contribution in [0, 0.1) is 20.8 Å². The van der Waals surface area contributed by atoms with Crippen molar-refractivity contribution in [3.63, 3.8) is 0 Å². The standard InChI is InChI=1S/C30H39N7O/c1-9-37-22(5)25(18-32-37)21(4)36(8)30(38)24-17-29(34-27-11-10-19(2)16-23(24)27)28-13-12-26(20(3)33-28)31-14-15-35(6)7/h10-13,16-18,21,31H,9,14-15H2,1-8H3/t21-/m0/s1. The minimum absolute atomic E-state index is 0.0564. The third-order valence-electron chi connectivity index (χ3n) is 7.21. The van der Waals surface area contributed by atoms with Crippen LogP contribution in [0.25, 0.3) is 22.3 Å². The van der Waals surface area contributed by atoms with Gasteiger partial charge in [-0.2, -0.15) is 5.10 Å². The maximum absolute atomic E-state index is 14.0. The summed E-state index contributed by atoms with van der Waals surface area (Å²) in [6.07, 6.45) is 1.87.